The molecule has 0 radical (unpaired) electrons. The molecule has 5 nitrogen and oxygen atoms in total. The predicted molar refractivity (Wildman–Crippen MR) is 69.7 cm³/mol. The van der Waals surface area contributed by atoms with Crippen molar-refractivity contribution in [2.75, 3.05) is 19.8 Å². The van der Waals surface area contributed by atoms with Crippen molar-refractivity contribution in [1.82, 2.24) is 9.38 Å². The fourth-order valence-electron chi connectivity index (χ4n) is 1.54. The van der Waals surface area contributed by atoms with Gasteiger partial charge in [-0.15, -0.1) is 11.3 Å². The van der Waals surface area contributed by atoms with Crippen molar-refractivity contribution in [1.29, 1.82) is 0 Å². The molecule has 0 atom stereocenters. The van der Waals surface area contributed by atoms with E-state index in [0.717, 1.165) is 30.7 Å². The normalized spacial score (nSPS) is 10.9. The lowest BCUT2D eigenvalue weighted by Crippen LogP contribution is -2.08. The summed E-state index contributed by atoms with van der Waals surface area (Å²) in [6.45, 7) is 3.80. The Hall–Kier alpha value is -1.40. The molecule has 0 unspecified atom stereocenters. The number of imidazole rings is 1. The summed E-state index contributed by atoms with van der Waals surface area (Å²) in [6.07, 6.45) is 4.74. The maximum absolute atomic E-state index is 11.0. The van der Waals surface area contributed by atoms with Gasteiger partial charge in [-0.3, -0.25) is 9.20 Å². The predicted octanol–water partition coefficient (Wildman–Crippen LogP) is 2.40. The molecule has 0 saturated carbocycles. The molecule has 18 heavy (non-hydrogen) atoms. The van der Waals surface area contributed by atoms with Crippen LogP contribution in [0.15, 0.2) is 11.6 Å². The van der Waals surface area contributed by atoms with Gasteiger partial charge in [0.05, 0.1) is 6.61 Å². The third-order valence-corrected chi connectivity index (χ3v) is 3.24. The quantitative estimate of drug-likeness (QED) is 0.545. The smallest absolute Gasteiger partial charge is 0.244 e. The van der Waals surface area contributed by atoms with Crippen molar-refractivity contribution >= 4 is 22.6 Å². The van der Waals surface area contributed by atoms with Crippen LogP contribution in [0.5, 0.6) is 5.88 Å². The molecule has 0 amide bonds. The molecule has 2 aromatic heterocycles. The number of carbonyl (C=O) groups is 1. The standard InChI is InChI=1S/C12H16N2O3S/c1-2-3-5-16-6-7-17-11-10(9-15)14-4-8-18-12(14)13-11/h4,8-9H,2-3,5-7H2,1H3. The van der Waals surface area contributed by atoms with Crippen LogP contribution in [0.4, 0.5) is 0 Å². The van der Waals surface area contributed by atoms with Crippen LogP contribution in [0, 0.1) is 0 Å². The zero-order valence-electron chi connectivity index (χ0n) is 10.3. The Kier molecular flexibility index (Phi) is 4.72. The topological polar surface area (TPSA) is 52.8 Å². The molecule has 0 aromatic carbocycles. The van der Waals surface area contributed by atoms with Crippen molar-refractivity contribution in [3.8, 4) is 5.88 Å². The summed E-state index contributed by atoms with van der Waals surface area (Å²) in [5.41, 5.74) is 0.458. The highest BCUT2D eigenvalue weighted by molar-refractivity contribution is 7.15. The Balaban J connectivity index is 1.87. The fraction of sp³-hybridized carbons (Fsp3) is 0.500. The number of fused-ring (bicyclic) bond motifs is 1. The zero-order chi connectivity index (χ0) is 12.8. The second-order valence-corrected chi connectivity index (χ2v) is 4.66. The Morgan fingerprint density at radius 3 is 3.11 bits per heavy atom. The van der Waals surface area contributed by atoms with Gasteiger partial charge in [0, 0.05) is 18.2 Å². The van der Waals surface area contributed by atoms with E-state index in [1.165, 1.54) is 11.3 Å². The summed E-state index contributed by atoms with van der Waals surface area (Å²) >= 11 is 1.47. The number of rotatable bonds is 8. The van der Waals surface area contributed by atoms with Gasteiger partial charge in [-0.1, -0.05) is 13.3 Å². The Morgan fingerprint density at radius 2 is 2.33 bits per heavy atom. The van der Waals surface area contributed by atoms with E-state index in [1.807, 2.05) is 5.38 Å². The van der Waals surface area contributed by atoms with Crippen molar-refractivity contribution in [3.05, 3.63) is 17.3 Å². The summed E-state index contributed by atoms with van der Waals surface area (Å²) in [5.74, 6) is 0.385. The van der Waals surface area contributed by atoms with Crippen molar-refractivity contribution in [2.45, 2.75) is 19.8 Å². The van der Waals surface area contributed by atoms with E-state index in [2.05, 4.69) is 11.9 Å². The van der Waals surface area contributed by atoms with Crippen molar-refractivity contribution < 1.29 is 14.3 Å². The molecule has 0 N–H and O–H groups in total. The van der Waals surface area contributed by atoms with Crippen LogP contribution >= 0.6 is 11.3 Å². The average molecular weight is 268 g/mol. The number of aldehydes is 1. The van der Waals surface area contributed by atoms with E-state index in [9.17, 15) is 4.79 Å². The number of hydrogen-bond donors (Lipinski definition) is 0. The van der Waals surface area contributed by atoms with Gasteiger partial charge >= 0.3 is 0 Å². The van der Waals surface area contributed by atoms with Crippen LogP contribution in [0.2, 0.25) is 0 Å². The molecule has 2 heterocycles. The van der Waals surface area contributed by atoms with E-state index >= 15 is 0 Å². The fourth-order valence-corrected chi connectivity index (χ4v) is 2.26. The van der Waals surface area contributed by atoms with Gasteiger partial charge in [-0.25, -0.2) is 0 Å². The van der Waals surface area contributed by atoms with E-state index in [-0.39, 0.29) is 0 Å². The first-order chi connectivity index (χ1) is 8.86. The lowest BCUT2D eigenvalue weighted by atomic mass is 10.4. The Morgan fingerprint density at radius 1 is 1.44 bits per heavy atom. The van der Waals surface area contributed by atoms with Crippen LogP contribution in [-0.4, -0.2) is 35.5 Å². The van der Waals surface area contributed by atoms with E-state index in [0.29, 0.717) is 24.8 Å². The molecule has 0 fully saturated rings. The van der Waals surface area contributed by atoms with E-state index in [1.54, 1.807) is 10.6 Å². The summed E-state index contributed by atoms with van der Waals surface area (Å²) in [7, 11) is 0. The SMILES string of the molecule is CCCCOCCOc1nc2sccn2c1C=O. The molecule has 0 bridgehead atoms. The number of unbranched alkanes of at least 4 members (excludes halogenated alkanes) is 1. The number of hydrogen-bond acceptors (Lipinski definition) is 5. The molecule has 6 heteroatoms. The third kappa shape index (κ3) is 2.88. The van der Waals surface area contributed by atoms with Crippen LogP contribution in [-0.2, 0) is 4.74 Å². The second-order valence-electron chi connectivity index (χ2n) is 3.79. The summed E-state index contributed by atoms with van der Waals surface area (Å²) < 4.78 is 12.6. The first kappa shape index (κ1) is 13.0. The largest absolute Gasteiger partial charge is 0.474 e. The Bertz CT molecular complexity index is 506. The van der Waals surface area contributed by atoms with Crippen molar-refractivity contribution in [2.24, 2.45) is 0 Å². The van der Waals surface area contributed by atoms with Crippen LogP contribution < -0.4 is 4.74 Å². The number of thiazole rings is 1. The first-order valence-corrected chi connectivity index (χ1v) is 6.86. The first-order valence-electron chi connectivity index (χ1n) is 5.98. The highest BCUT2D eigenvalue weighted by Gasteiger charge is 2.13. The van der Waals surface area contributed by atoms with Crippen LogP contribution in [0.25, 0.3) is 4.96 Å². The minimum atomic E-state index is 0.385. The zero-order valence-corrected chi connectivity index (χ0v) is 11.1. The lowest BCUT2D eigenvalue weighted by Gasteiger charge is -2.04. The molecule has 98 valence electrons. The summed E-state index contributed by atoms with van der Waals surface area (Å²) in [5, 5.41) is 1.88. The molecule has 2 aromatic rings. The molecule has 0 aliphatic heterocycles. The van der Waals surface area contributed by atoms with Gasteiger partial charge in [0.25, 0.3) is 0 Å². The van der Waals surface area contributed by atoms with Gasteiger partial charge in [0.2, 0.25) is 5.88 Å². The number of nitrogens with zero attached hydrogens (tertiary/aromatic N) is 2. The van der Waals surface area contributed by atoms with Crippen LogP contribution in [0.1, 0.15) is 30.3 Å². The van der Waals surface area contributed by atoms with Gasteiger partial charge in [-0.2, -0.15) is 4.98 Å². The molecule has 2 rings (SSSR count). The van der Waals surface area contributed by atoms with E-state index in [4.69, 9.17) is 9.47 Å². The molecular weight excluding hydrogens is 252 g/mol. The molecule has 0 spiro atoms. The monoisotopic (exact) mass is 268 g/mol. The van der Waals surface area contributed by atoms with Gasteiger partial charge in [-0.05, 0) is 6.42 Å². The van der Waals surface area contributed by atoms with Gasteiger partial charge < -0.3 is 9.47 Å². The van der Waals surface area contributed by atoms with Crippen molar-refractivity contribution in [3.63, 3.8) is 0 Å². The average Bonchev–Trinajstić information content (AvgIpc) is 2.93. The highest BCUT2D eigenvalue weighted by Crippen LogP contribution is 2.21. The molecule has 0 saturated heterocycles. The van der Waals surface area contributed by atoms with E-state index < -0.39 is 0 Å². The minimum absolute atomic E-state index is 0.385. The molecular formula is C12H16N2O3S. The second kappa shape index (κ2) is 6.51. The molecule has 0 aliphatic rings. The minimum Gasteiger partial charge on any atom is -0.474 e. The summed E-state index contributed by atoms with van der Waals surface area (Å²) in [4.78, 5) is 16.0. The lowest BCUT2D eigenvalue weighted by molar-refractivity contribution is 0.0954. The maximum Gasteiger partial charge on any atom is 0.244 e. The number of ether oxygens (including phenoxy) is 2. The number of carbonyl (C=O) groups excluding carboxylic acids is 1. The van der Waals surface area contributed by atoms with Gasteiger partial charge in [0.1, 0.15) is 6.61 Å². The third-order valence-electron chi connectivity index (χ3n) is 2.49. The highest BCUT2D eigenvalue weighted by atomic mass is 32.1. The Labute approximate surface area is 109 Å². The summed E-state index contributed by atoms with van der Waals surface area (Å²) in [6, 6.07) is 0. The maximum atomic E-state index is 11.0. The molecule has 0 aliphatic carbocycles. The number of aromatic nitrogens is 2. The van der Waals surface area contributed by atoms with Crippen LogP contribution in [0.3, 0.4) is 0 Å². The van der Waals surface area contributed by atoms with Gasteiger partial charge in [0.15, 0.2) is 16.9 Å².